The first-order valence-electron chi connectivity index (χ1n) is 8.96. The van der Waals surface area contributed by atoms with Gasteiger partial charge in [-0.15, -0.1) is 0 Å². The van der Waals surface area contributed by atoms with Crippen molar-refractivity contribution in [3.63, 3.8) is 0 Å². The minimum Gasteiger partial charge on any atom is -0.408 e. The van der Waals surface area contributed by atoms with Crippen LogP contribution in [0.4, 0.5) is 0 Å². The highest BCUT2D eigenvalue weighted by molar-refractivity contribution is 7.08. The summed E-state index contributed by atoms with van der Waals surface area (Å²) in [5.74, 6) is -0.774. The minimum absolute atomic E-state index is 0.0763. The Morgan fingerprint density at radius 2 is 2.07 bits per heavy atom. The molecule has 3 heterocycles. The fraction of sp³-hybridized carbons (Fsp3) is 0.250. The summed E-state index contributed by atoms with van der Waals surface area (Å²) < 4.78 is 8.40. The second-order valence-electron chi connectivity index (χ2n) is 6.55. The zero-order valence-electron chi connectivity index (χ0n) is 15.6. The van der Waals surface area contributed by atoms with E-state index in [0.717, 1.165) is 17.0 Å². The molecule has 4 rings (SSSR count). The summed E-state index contributed by atoms with van der Waals surface area (Å²) in [6.07, 6.45) is 0. The van der Waals surface area contributed by atoms with Crippen LogP contribution in [0.2, 0.25) is 0 Å². The van der Waals surface area contributed by atoms with Crippen molar-refractivity contribution in [3.8, 4) is 11.1 Å². The number of fused-ring (bicyclic) bond motifs is 1. The third-order valence-electron chi connectivity index (χ3n) is 4.71. The summed E-state index contributed by atoms with van der Waals surface area (Å²) >= 11 is 1.66. The van der Waals surface area contributed by atoms with Gasteiger partial charge in [-0.05, 0) is 48.4 Å². The molecule has 28 heavy (non-hydrogen) atoms. The number of benzene rings is 1. The number of nitrogens with zero attached hydrogens (tertiary/aromatic N) is 3. The Labute approximate surface area is 165 Å². The lowest BCUT2D eigenvalue weighted by molar-refractivity contribution is -0.121. The number of nitrogens with one attached hydrogen (secondary N) is 1. The van der Waals surface area contributed by atoms with Gasteiger partial charge in [0.25, 0.3) is 0 Å². The summed E-state index contributed by atoms with van der Waals surface area (Å²) in [6, 6.07) is 9.14. The summed E-state index contributed by atoms with van der Waals surface area (Å²) in [6.45, 7) is 4.93. The Kier molecular flexibility index (Phi) is 4.87. The molecule has 0 atom stereocenters. The molecule has 0 aliphatic carbocycles. The van der Waals surface area contributed by atoms with E-state index in [-0.39, 0.29) is 12.5 Å². The predicted octanol–water partition coefficient (Wildman–Crippen LogP) is 2.95. The molecule has 0 aliphatic rings. The molecule has 1 amide bonds. The maximum Gasteiger partial charge on any atom is 0.420 e. The maximum atomic E-state index is 12.3. The van der Waals surface area contributed by atoms with Gasteiger partial charge in [-0.1, -0.05) is 12.1 Å². The molecule has 0 aliphatic heterocycles. The first-order valence-corrected chi connectivity index (χ1v) is 9.90. The van der Waals surface area contributed by atoms with Crippen LogP contribution < -0.4 is 11.1 Å². The summed E-state index contributed by atoms with van der Waals surface area (Å²) in [5.41, 5.74) is 5.44. The number of aromatic nitrogens is 3. The number of rotatable bonds is 6. The van der Waals surface area contributed by atoms with Gasteiger partial charge >= 0.3 is 5.76 Å². The fourth-order valence-corrected chi connectivity index (χ4v) is 4.05. The molecule has 0 bridgehead atoms. The lowest BCUT2D eigenvalue weighted by atomic mass is 10.1. The summed E-state index contributed by atoms with van der Waals surface area (Å²) in [5, 5.41) is 11.6. The van der Waals surface area contributed by atoms with Crippen molar-refractivity contribution in [1.82, 2.24) is 19.7 Å². The van der Waals surface area contributed by atoms with Crippen LogP contribution in [0.5, 0.6) is 0 Å². The normalized spacial score (nSPS) is 11.2. The van der Waals surface area contributed by atoms with Crippen molar-refractivity contribution in [2.45, 2.75) is 26.9 Å². The maximum absolute atomic E-state index is 12.3. The van der Waals surface area contributed by atoms with Crippen molar-refractivity contribution in [2.24, 2.45) is 0 Å². The van der Waals surface area contributed by atoms with Crippen LogP contribution in [-0.4, -0.2) is 26.8 Å². The zero-order chi connectivity index (χ0) is 19.7. The number of para-hydroxylation sites is 2. The third kappa shape index (κ3) is 3.38. The van der Waals surface area contributed by atoms with E-state index in [1.54, 1.807) is 35.6 Å². The fourth-order valence-electron chi connectivity index (χ4n) is 3.40. The lowest BCUT2D eigenvalue weighted by Crippen LogP contribution is -2.33. The van der Waals surface area contributed by atoms with E-state index in [1.165, 1.54) is 10.1 Å². The SMILES string of the molecule is Cc1nn(CCNC(=O)Cn2c(=O)oc3ccccc32)c(C)c1-c1ccsc1. The van der Waals surface area contributed by atoms with Crippen LogP contribution >= 0.6 is 11.3 Å². The van der Waals surface area contributed by atoms with Gasteiger partial charge in [-0.25, -0.2) is 4.79 Å². The van der Waals surface area contributed by atoms with Gasteiger partial charge in [0.05, 0.1) is 17.8 Å². The number of aryl methyl sites for hydroxylation is 1. The quantitative estimate of drug-likeness (QED) is 0.543. The van der Waals surface area contributed by atoms with Crippen molar-refractivity contribution in [2.75, 3.05) is 6.54 Å². The standard InChI is InChI=1S/C20H20N4O3S/c1-13-19(15-7-10-28-12-15)14(2)24(22-13)9-8-21-18(25)11-23-16-5-3-4-6-17(16)27-20(23)26/h3-7,10,12H,8-9,11H2,1-2H3,(H,21,25). The van der Waals surface area contributed by atoms with E-state index in [0.29, 0.717) is 24.2 Å². The van der Waals surface area contributed by atoms with Crippen molar-refractivity contribution >= 4 is 28.3 Å². The lowest BCUT2D eigenvalue weighted by Gasteiger charge is -2.08. The first kappa shape index (κ1) is 18.2. The van der Waals surface area contributed by atoms with E-state index in [4.69, 9.17) is 4.42 Å². The van der Waals surface area contributed by atoms with Gasteiger partial charge in [0.2, 0.25) is 5.91 Å². The number of hydrogen-bond donors (Lipinski definition) is 1. The number of hydrogen-bond acceptors (Lipinski definition) is 5. The zero-order valence-corrected chi connectivity index (χ0v) is 16.5. The van der Waals surface area contributed by atoms with E-state index >= 15 is 0 Å². The van der Waals surface area contributed by atoms with Crippen molar-refractivity contribution in [1.29, 1.82) is 0 Å². The molecular weight excluding hydrogens is 376 g/mol. The molecule has 0 radical (unpaired) electrons. The van der Waals surface area contributed by atoms with Crippen molar-refractivity contribution < 1.29 is 9.21 Å². The molecule has 144 valence electrons. The van der Waals surface area contributed by atoms with Gasteiger partial charge in [0.1, 0.15) is 6.54 Å². The Morgan fingerprint density at radius 3 is 2.86 bits per heavy atom. The Hall–Kier alpha value is -3.13. The van der Waals surface area contributed by atoms with Gasteiger partial charge in [0.15, 0.2) is 5.58 Å². The number of amides is 1. The highest BCUT2D eigenvalue weighted by Gasteiger charge is 2.15. The smallest absolute Gasteiger partial charge is 0.408 e. The van der Waals surface area contributed by atoms with E-state index < -0.39 is 5.76 Å². The highest BCUT2D eigenvalue weighted by atomic mass is 32.1. The Balaban J connectivity index is 1.40. The van der Waals surface area contributed by atoms with Gasteiger partial charge in [-0.3, -0.25) is 14.0 Å². The van der Waals surface area contributed by atoms with Crippen LogP contribution in [0.25, 0.3) is 22.2 Å². The molecule has 4 aromatic rings. The topological polar surface area (TPSA) is 82.1 Å². The van der Waals surface area contributed by atoms with Crippen LogP contribution in [0, 0.1) is 13.8 Å². The van der Waals surface area contributed by atoms with Gasteiger partial charge in [-0.2, -0.15) is 16.4 Å². The van der Waals surface area contributed by atoms with Crippen LogP contribution in [-0.2, 0) is 17.9 Å². The van der Waals surface area contributed by atoms with Crippen LogP contribution in [0.3, 0.4) is 0 Å². The minimum atomic E-state index is -0.532. The van der Waals surface area contributed by atoms with E-state index in [2.05, 4.69) is 21.9 Å². The molecule has 7 nitrogen and oxygen atoms in total. The molecule has 0 spiro atoms. The second kappa shape index (κ2) is 7.47. The van der Waals surface area contributed by atoms with Gasteiger partial charge < -0.3 is 9.73 Å². The predicted molar refractivity (Wildman–Crippen MR) is 108 cm³/mol. The summed E-state index contributed by atoms with van der Waals surface area (Å²) in [4.78, 5) is 24.3. The summed E-state index contributed by atoms with van der Waals surface area (Å²) in [7, 11) is 0. The van der Waals surface area contributed by atoms with Crippen LogP contribution in [0.15, 0.2) is 50.3 Å². The number of thiophene rings is 1. The van der Waals surface area contributed by atoms with Crippen molar-refractivity contribution in [3.05, 3.63) is 63.0 Å². The molecule has 3 aromatic heterocycles. The number of oxazole rings is 1. The second-order valence-corrected chi connectivity index (χ2v) is 7.33. The average molecular weight is 396 g/mol. The molecule has 8 heteroatoms. The Morgan fingerprint density at radius 1 is 1.25 bits per heavy atom. The number of carbonyl (C=O) groups excluding carboxylic acids is 1. The largest absolute Gasteiger partial charge is 0.420 e. The number of carbonyl (C=O) groups is 1. The Bertz CT molecular complexity index is 1180. The molecule has 0 saturated carbocycles. The average Bonchev–Trinajstić information content (AvgIpc) is 3.35. The highest BCUT2D eigenvalue weighted by Crippen LogP contribution is 2.28. The van der Waals surface area contributed by atoms with Gasteiger partial charge in [0, 0.05) is 17.8 Å². The third-order valence-corrected chi connectivity index (χ3v) is 5.40. The molecule has 1 aromatic carbocycles. The molecular formula is C20H20N4O3S. The van der Waals surface area contributed by atoms with Crippen LogP contribution in [0.1, 0.15) is 11.4 Å². The molecule has 1 N–H and O–H groups in total. The molecule has 0 fully saturated rings. The molecule has 0 saturated heterocycles. The molecule has 0 unspecified atom stereocenters. The van der Waals surface area contributed by atoms with E-state index in [1.807, 2.05) is 23.9 Å². The monoisotopic (exact) mass is 396 g/mol. The first-order chi connectivity index (χ1) is 13.5. The van der Waals surface area contributed by atoms with E-state index in [9.17, 15) is 9.59 Å².